The molecule has 0 saturated carbocycles. The van der Waals surface area contributed by atoms with Gasteiger partial charge in [0.2, 0.25) is 0 Å². The summed E-state index contributed by atoms with van der Waals surface area (Å²) in [4.78, 5) is 25.2. The number of benzene rings is 4. The number of esters is 1. The second kappa shape index (κ2) is 23.2. The first kappa shape index (κ1) is 50.5. The molecule has 14 heteroatoms. The lowest BCUT2D eigenvalue weighted by molar-refractivity contribution is -0.941. The van der Waals surface area contributed by atoms with Gasteiger partial charge in [-0.25, -0.2) is 4.79 Å². The number of methoxy groups -OCH3 is 8. The smallest absolute Gasteiger partial charge is 0.331 e. The molecule has 2 aliphatic rings. The molecule has 67 heavy (non-hydrogen) atoms. The minimum Gasteiger partial charge on any atom is -0.493 e. The molecule has 6 rings (SSSR count). The summed E-state index contributed by atoms with van der Waals surface area (Å²) >= 11 is 0. The van der Waals surface area contributed by atoms with Crippen LogP contribution < -0.4 is 37.9 Å². The zero-order valence-corrected chi connectivity index (χ0v) is 41.1. The van der Waals surface area contributed by atoms with Gasteiger partial charge >= 0.3 is 5.97 Å². The summed E-state index contributed by atoms with van der Waals surface area (Å²) in [6.07, 6.45) is 6.52. The average molecular weight is 927 g/mol. The molecule has 0 amide bonds. The third-order valence-electron chi connectivity index (χ3n) is 13.8. The molecule has 4 aromatic rings. The van der Waals surface area contributed by atoms with E-state index in [1.807, 2.05) is 24.3 Å². The van der Waals surface area contributed by atoms with E-state index in [2.05, 4.69) is 50.5 Å². The molecule has 0 spiro atoms. The van der Waals surface area contributed by atoms with Crippen molar-refractivity contribution in [1.82, 2.24) is 0 Å². The zero-order chi connectivity index (χ0) is 48.1. The van der Waals surface area contributed by atoms with E-state index < -0.39 is 5.97 Å². The Balaban J connectivity index is 1.06. The predicted octanol–water partition coefficient (Wildman–Crippen LogP) is 7.49. The highest BCUT2D eigenvalue weighted by Gasteiger charge is 2.41. The van der Waals surface area contributed by atoms with Crippen LogP contribution >= 0.6 is 0 Å². The van der Waals surface area contributed by atoms with Gasteiger partial charge < -0.3 is 56.3 Å². The Kier molecular flexibility index (Phi) is 17.4. The molecule has 362 valence electrons. The number of nitrogens with zero attached hydrogens (tertiary/aromatic N) is 2. The molecule has 0 aliphatic carbocycles. The van der Waals surface area contributed by atoms with Crippen molar-refractivity contribution in [3.8, 4) is 46.0 Å². The molecule has 0 N–H and O–H groups in total. The van der Waals surface area contributed by atoms with Crippen molar-refractivity contribution in [3.63, 3.8) is 0 Å². The maximum Gasteiger partial charge on any atom is 0.331 e. The molecule has 14 nitrogen and oxygen atoms in total. The monoisotopic (exact) mass is 926 g/mol. The number of hydrogen-bond acceptors (Lipinski definition) is 12. The number of ether oxygens (including phenoxy) is 10. The van der Waals surface area contributed by atoms with Crippen LogP contribution in [0.3, 0.4) is 0 Å². The van der Waals surface area contributed by atoms with Crippen LogP contribution in [0.1, 0.15) is 58.3 Å². The number of hydrogen-bond donors (Lipinski definition) is 0. The predicted molar refractivity (Wildman–Crippen MR) is 255 cm³/mol. The summed E-state index contributed by atoms with van der Waals surface area (Å²) in [5, 5.41) is 0. The van der Waals surface area contributed by atoms with E-state index in [1.165, 1.54) is 28.3 Å². The Labute approximate surface area is 396 Å². The Bertz CT molecular complexity index is 2370. The number of carbonyl (C=O) groups excluding carboxylic acids is 2. The van der Waals surface area contributed by atoms with Crippen molar-refractivity contribution in [2.45, 2.75) is 50.6 Å². The minimum atomic E-state index is -0.564. The van der Waals surface area contributed by atoms with Crippen LogP contribution in [0.5, 0.6) is 46.0 Å². The highest BCUT2D eigenvalue weighted by molar-refractivity contribution is 5.90. The minimum absolute atomic E-state index is 0.0116. The number of aldehydes is 1. The van der Waals surface area contributed by atoms with Gasteiger partial charge in [0.15, 0.2) is 46.0 Å². The fourth-order valence-corrected chi connectivity index (χ4v) is 9.94. The summed E-state index contributed by atoms with van der Waals surface area (Å²) < 4.78 is 58.3. The summed E-state index contributed by atoms with van der Waals surface area (Å²) in [6, 6.07) is 20.7. The van der Waals surface area contributed by atoms with E-state index in [4.69, 9.17) is 47.4 Å². The SMILES string of the molecule is COc1ccc(CC2c3cc(OC)c(OC)cc3CC[N+]2(C)CCCOCC(C=O)=CC(=O)OCCC[N+]2(C)CCc3cc(OC)c(OC)cc3C2Cc2ccc(OC)c(OC)c2)cc1OC. The first-order chi connectivity index (χ1) is 32.4. The van der Waals surface area contributed by atoms with E-state index >= 15 is 0 Å². The molecule has 0 radical (unpaired) electrons. The van der Waals surface area contributed by atoms with Crippen LogP contribution in [0.15, 0.2) is 72.3 Å². The van der Waals surface area contributed by atoms with Gasteiger partial charge in [-0.15, -0.1) is 0 Å². The molecule has 0 fully saturated rings. The summed E-state index contributed by atoms with van der Waals surface area (Å²) in [7, 11) is 17.7. The van der Waals surface area contributed by atoms with Crippen molar-refractivity contribution in [3.05, 3.63) is 106 Å². The quantitative estimate of drug-likeness (QED) is 0.0227. The van der Waals surface area contributed by atoms with E-state index in [9.17, 15) is 9.59 Å². The van der Waals surface area contributed by atoms with Crippen LogP contribution in [0.4, 0.5) is 0 Å². The first-order valence-electron chi connectivity index (χ1n) is 22.9. The highest BCUT2D eigenvalue weighted by Crippen LogP contribution is 2.45. The molecule has 4 unspecified atom stereocenters. The zero-order valence-electron chi connectivity index (χ0n) is 41.1. The number of fused-ring (bicyclic) bond motifs is 2. The van der Waals surface area contributed by atoms with Gasteiger partial charge in [-0.05, 0) is 70.8 Å². The highest BCUT2D eigenvalue weighted by atomic mass is 16.5. The van der Waals surface area contributed by atoms with E-state index in [0.717, 1.165) is 84.1 Å². The molecule has 2 heterocycles. The van der Waals surface area contributed by atoms with E-state index in [1.54, 1.807) is 56.9 Å². The molecule has 4 atom stereocenters. The van der Waals surface area contributed by atoms with Gasteiger partial charge in [0.05, 0.1) is 117 Å². The summed E-state index contributed by atoms with van der Waals surface area (Å²) in [5.41, 5.74) is 7.36. The lowest BCUT2D eigenvalue weighted by atomic mass is 9.86. The fourth-order valence-electron chi connectivity index (χ4n) is 9.94. The van der Waals surface area contributed by atoms with Crippen LogP contribution in [0, 0.1) is 0 Å². The standard InChI is InChI=1S/C53H70N2O12/c1-54(21-17-39-30-49(62-7)51(64-9)32-41(39)43(54)25-36-13-15-45(58-3)47(27-36)60-5)19-11-23-66-35-38(34-56)29-53(57)67-24-12-20-55(2)22-18-40-31-50(63-8)52(65-10)33-42(40)44(55)26-37-14-16-46(59-4)48(28-37)61-6/h13-16,27-34,43-44H,11-12,17-26,35H2,1-10H3/q+2. The largest absolute Gasteiger partial charge is 0.493 e. The second-order valence-corrected chi connectivity index (χ2v) is 17.7. The molecule has 0 aromatic heterocycles. The molecule has 0 saturated heterocycles. The van der Waals surface area contributed by atoms with Gasteiger partial charge in [-0.1, -0.05) is 12.1 Å². The van der Waals surface area contributed by atoms with Crippen molar-refractivity contribution < 1.29 is 65.9 Å². The summed E-state index contributed by atoms with van der Waals surface area (Å²) in [5.74, 6) is 4.98. The molecular weight excluding hydrogens is 857 g/mol. The second-order valence-electron chi connectivity index (χ2n) is 17.7. The maximum atomic E-state index is 13.0. The first-order valence-corrected chi connectivity index (χ1v) is 22.9. The summed E-state index contributed by atoms with van der Waals surface area (Å²) in [6.45, 7) is 4.02. The number of carbonyl (C=O) groups is 2. The fraction of sp³-hybridized carbons (Fsp3) is 0.472. The Morgan fingerprint density at radius 3 is 1.37 bits per heavy atom. The van der Waals surface area contributed by atoms with Gasteiger partial charge in [0.1, 0.15) is 18.4 Å². The van der Waals surface area contributed by atoms with Gasteiger partial charge in [-0.3, -0.25) is 4.79 Å². The molecule has 2 aliphatic heterocycles. The lowest BCUT2D eigenvalue weighted by Crippen LogP contribution is -2.52. The van der Waals surface area contributed by atoms with Crippen molar-refractivity contribution >= 4 is 12.3 Å². The maximum absolute atomic E-state index is 13.0. The lowest BCUT2D eigenvalue weighted by Gasteiger charge is -2.46. The third-order valence-corrected chi connectivity index (χ3v) is 13.8. The number of rotatable bonds is 24. The molecule has 0 bridgehead atoms. The van der Waals surface area contributed by atoms with Crippen molar-refractivity contribution in [2.24, 2.45) is 0 Å². The Morgan fingerprint density at radius 2 is 0.955 bits per heavy atom. The van der Waals surface area contributed by atoms with Gasteiger partial charge in [0, 0.05) is 61.3 Å². The molecular formula is C53H70N2O12+2. The average Bonchev–Trinajstić information content (AvgIpc) is 3.35. The third kappa shape index (κ3) is 11.8. The van der Waals surface area contributed by atoms with Crippen molar-refractivity contribution in [2.75, 3.05) is 117 Å². The van der Waals surface area contributed by atoms with Crippen LogP contribution in [0.2, 0.25) is 0 Å². The Hall–Kier alpha value is -5.96. The van der Waals surface area contributed by atoms with Crippen molar-refractivity contribution in [1.29, 1.82) is 0 Å². The Morgan fingerprint density at radius 1 is 0.552 bits per heavy atom. The topological polar surface area (TPSA) is 126 Å². The van der Waals surface area contributed by atoms with Crippen LogP contribution in [-0.2, 0) is 44.7 Å². The van der Waals surface area contributed by atoms with Gasteiger partial charge in [0.25, 0.3) is 0 Å². The van der Waals surface area contributed by atoms with E-state index in [0.29, 0.717) is 59.6 Å². The number of likely N-dealkylation sites (N-methyl/N-ethyl adjacent to an activating group) is 2. The number of quaternary nitrogens is 2. The van der Waals surface area contributed by atoms with E-state index in [-0.39, 0.29) is 30.9 Å². The normalized spacial score (nSPS) is 19.9. The molecule has 4 aromatic carbocycles. The van der Waals surface area contributed by atoms with Gasteiger partial charge in [-0.2, -0.15) is 0 Å². The van der Waals surface area contributed by atoms with Crippen LogP contribution in [-0.4, -0.2) is 138 Å². The van der Waals surface area contributed by atoms with Crippen LogP contribution in [0.25, 0.3) is 0 Å².